The smallest absolute Gasteiger partial charge is 0.323 e. The maximum atomic E-state index is 11.4. The van der Waals surface area contributed by atoms with E-state index < -0.39 is 17.4 Å². The summed E-state index contributed by atoms with van der Waals surface area (Å²) in [5, 5.41) is 18.3. The number of rotatable bonds is 3. The lowest BCUT2D eigenvalue weighted by Gasteiger charge is -1.98. The Bertz CT molecular complexity index is 594. The third-order valence-electron chi connectivity index (χ3n) is 1.95. The minimum absolute atomic E-state index is 0.261. The molecule has 8 heteroatoms. The molecule has 0 atom stereocenters. The summed E-state index contributed by atoms with van der Waals surface area (Å²) in [5.74, 6) is -1.56. The lowest BCUT2D eigenvalue weighted by Crippen LogP contribution is -2.18. The van der Waals surface area contributed by atoms with Crippen molar-refractivity contribution in [1.29, 1.82) is 0 Å². The third-order valence-corrected chi connectivity index (χ3v) is 2.86. The summed E-state index contributed by atoms with van der Waals surface area (Å²) in [6, 6.07) is 0. The zero-order chi connectivity index (χ0) is 12.4. The SMILES string of the molecule is O=C(O)Cn1c(O)c(/C=C2\C=NC=N2)sc1=O. The number of aromatic nitrogens is 1. The van der Waals surface area contributed by atoms with Crippen LogP contribution in [-0.2, 0) is 11.3 Å². The Labute approximate surface area is 98.7 Å². The van der Waals surface area contributed by atoms with E-state index in [0.717, 1.165) is 15.9 Å². The second kappa shape index (κ2) is 4.34. The van der Waals surface area contributed by atoms with Gasteiger partial charge in [0.05, 0.1) is 16.8 Å². The molecule has 0 spiro atoms. The average Bonchev–Trinajstić information content (AvgIpc) is 2.83. The van der Waals surface area contributed by atoms with Gasteiger partial charge in [-0.05, 0) is 6.08 Å². The van der Waals surface area contributed by atoms with Gasteiger partial charge in [-0.1, -0.05) is 11.3 Å². The van der Waals surface area contributed by atoms with Crippen LogP contribution in [0, 0.1) is 0 Å². The molecule has 0 fully saturated rings. The van der Waals surface area contributed by atoms with E-state index in [1.807, 2.05) is 0 Å². The number of aliphatic carboxylic acids is 1. The molecule has 0 saturated carbocycles. The van der Waals surface area contributed by atoms with Gasteiger partial charge in [-0.2, -0.15) is 0 Å². The molecule has 2 rings (SSSR count). The van der Waals surface area contributed by atoms with Crippen LogP contribution >= 0.6 is 11.3 Å². The van der Waals surface area contributed by atoms with Gasteiger partial charge >= 0.3 is 10.8 Å². The van der Waals surface area contributed by atoms with Crippen LogP contribution in [0.2, 0.25) is 0 Å². The third kappa shape index (κ3) is 2.31. The van der Waals surface area contributed by atoms with E-state index in [-0.39, 0.29) is 10.8 Å². The molecule has 0 amide bonds. The van der Waals surface area contributed by atoms with Crippen LogP contribution in [0.4, 0.5) is 0 Å². The summed E-state index contributed by atoms with van der Waals surface area (Å²) < 4.78 is 0.787. The Morgan fingerprint density at radius 1 is 1.59 bits per heavy atom. The minimum atomic E-state index is -1.19. The standard InChI is InChI=1S/C9H7N3O4S/c13-7(14)3-12-8(15)6(17-9(12)16)1-5-2-10-4-11-5/h1-2,4,15H,3H2,(H,13,14)/b5-1+. The van der Waals surface area contributed by atoms with Crippen LogP contribution in [0.25, 0.3) is 6.08 Å². The summed E-state index contributed by atoms with van der Waals surface area (Å²) in [4.78, 5) is 29.2. The average molecular weight is 253 g/mol. The highest BCUT2D eigenvalue weighted by Crippen LogP contribution is 2.23. The monoisotopic (exact) mass is 253 g/mol. The predicted molar refractivity (Wildman–Crippen MR) is 62.8 cm³/mol. The van der Waals surface area contributed by atoms with Gasteiger partial charge in [0.25, 0.3) is 0 Å². The van der Waals surface area contributed by atoms with Gasteiger partial charge in [-0.25, -0.2) is 9.98 Å². The van der Waals surface area contributed by atoms with Gasteiger partial charge < -0.3 is 10.2 Å². The van der Waals surface area contributed by atoms with Crippen LogP contribution in [0.5, 0.6) is 5.88 Å². The Hall–Kier alpha value is -2.22. The van der Waals surface area contributed by atoms with Crippen LogP contribution in [0.3, 0.4) is 0 Å². The van der Waals surface area contributed by atoms with Crippen LogP contribution < -0.4 is 4.87 Å². The van der Waals surface area contributed by atoms with Crippen molar-refractivity contribution < 1.29 is 15.0 Å². The number of aromatic hydroxyl groups is 1. The molecule has 2 heterocycles. The first-order valence-electron chi connectivity index (χ1n) is 4.49. The van der Waals surface area contributed by atoms with Crippen molar-refractivity contribution in [2.24, 2.45) is 9.98 Å². The Morgan fingerprint density at radius 2 is 2.35 bits per heavy atom. The quantitative estimate of drug-likeness (QED) is 0.800. The maximum absolute atomic E-state index is 11.4. The van der Waals surface area contributed by atoms with E-state index in [9.17, 15) is 14.7 Å². The summed E-state index contributed by atoms with van der Waals surface area (Å²) in [7, 11) is 0. The van der Waals surface area contributed by atoms with Crippen molar-refractivity contribution >= 4 is 35.9 Å². The first-order valence-corrected chi connectivity index (χ1v) is 5.31. The number of carboxylic acids is 1. The first kappa shape index (κ1) is 11.3. The summed E-state index contributed by atoms with van der Waals surface area (Å²) in [6.07, 6.45) is 4.26. The molecule has 1 aromatic heterocycles. The number of allylic oxidation sites excluding steroid dienone is 1. The zero-order valence-electron chi connectivity index (χ0n) is 8.40. The van der Waals surface area contributed by atoms with Crippen molar-refractivity contribution in [2.45, 2.75) is 6.54 Å². The van der Waals surface area contributed by atoms with E-state index in [1.54, 1.807) is 0 Å². The predicted octanol–water partition coefficient (Wildman–Crippen LogP) is 0.154. The van der Waals surface area contributed by atoms with Gasteiger partial charge in [0, 0.05) is 0 Å². The van der Waals surface area contributed by atoms with Gasteiger partial charge in [-0.3, -0.25) is 14.2 Å². The highest BCUT2D eigenvalue weighted by Gasteiger charge is 2.15. The highest BCUT2D eigenvalue weighted by atomic mass is 32.1. The number of hydrogen-bond acceptors (Lipinski definition) is 6. The van der Waals surface area contributed by atoms with E-state index in [4.69, 9.17) is 5.11 Å². The number of aliphatic imine (C=N–C) groups is 2. The molecule has 88 valence electrons. The second-order valence-electron chi connectivity index (χ2n) is 3.13. The van der Waals surface area contributed by atoms with Crippen molar-refractivity contribution in [1.82, 2.24) is 4.57 Å². The van der Waals surface area contributed by atoms with E-state index in [2.05, 4.69) is 9.98 Å². The van der Waals surface area contributed by atoms with E-state index in [1.165, 1.54) is 18.6 Å². The molecular formula is C9H7N3O4S. The molecule has 0 radical (unpaired) electrons. The molecule has 7 nitrogen and oxygen atoms in total. The molecule has 1 aromatic rings. The molecule has 0 bridgehead atoms. The number of thiazole rings is 1. The van der Waals surface area contributed by atoms with Crippen LogP contribution in [0.15, 0.2) is 20.5 Å². The molecule has 17 heavy (non-hydrogen) atoms. The van der Waals surface area contributed by atoms with E-state index >= 15 is 0 Å². The number of carboxylic acid groups (broad SMARTS) is 1. The second-order valence-corrected chi connectivity index (χ2v) is 4.12. The normalized spacial score (nSPS) is 15.9. The van der Waals surface area contributed by atoms with Gasteiger partial charge in [-0.15, -0.1) is 0 Å². The van der Waals surface area contributed by atoms with Gasteiger partial charge in [0.15, 0.2) is 0 Å². The minimum Gasteiger partial charge on any atom is -0.493 e. The number of nitrogens with zero attached hydrogens (tertiary/aromatic N) is 3. The van der Waals surface area contributed by atoms with Crippen LogP contribution in [0.1, 0.15) is 4.88 Å². The fourth-order valence-corrected chi connectivity index (χ4v) is 2.07. The Morgan fingerprint density at radius 3 is 2.94 bits per heavy atom. The molecule has 2 N–H and O–H groups in total. The van der Waals surface area contributed by atoms with Gasteiger partial charge in [0.2, 0.25) is 5.88 Å². The fourth-order valence-electron chi connectivity index (χ4n) is 1.23. The molecule has 0 aliphatic carbocycles. The number of carbonyl (C=O) groups is 1. The maximum Gasteiger partial charge on any atom is 0.323 e. The molecule has 0 unspecified atom stereocenters. The summed E-state index contributed by atoms with van der Waals surface area (Å²) in [5.41, 5.74) is 0.490. The van der Waals surface area contributed by atoms with Crippen molar-refractivity contribution in [2.75, 3.05) is 0 Å². The highest BCUT2D eigenvalue weighted by molar-refractivity contribution is 7.10. The first-order chi connectivity index (χ1) is 8.08. The molecule has 0 aromatic carbocycles. The number of hydrogen-bond donors (Lipinski definition) is 2. The molecule has 1 aliphatic rings. The Balaban J connectivity index is 2.40. The largest absolute Gasteiger partial charge is 0.493 e. The van der Waals surface area contributed by atoms with Crippen molar-refractivity contribution in [3.63, 3.8) is 0 Å². The Kier molecular flexibility index (Phi) is 2.88. The van der Waals surface area contributed by atoms with Crippen molar-refractivity contribution in [3.05, 3.63) is 20.2 Å². The van der Waals surface area contributed by atoms with E-state index in [0.29, 0.717) is 5.70 Å². The lowest BCUT2D eigenvalue weighted by atomic mass is 10.4. The molecular weight excluding hydrogens is 246 g/mol. The molecule has 0 saturated heterocycles. The lowest BCUT2D eigenvalue weighted by molar-refractivity contribution is -0.137. The van der Waals surface area contributed by atoms with Gasteiger partial charge in [0.1, 0.15) is 12.9 Å². The van der Waals surface area contributed by atoms with Crippen LogP contribution in [-0.4, -0.2) is 33.3 Å². The topological polar surface area (TPSA) is 104 Å². The summed E-state index contributed by atoms with van der Waals surface area (Å²) >= 11 is 0.752. The summed E-state index contributed by atoms with van der Waals surface area (Å²) in [6.45, 7) is -0.568. The fraction of sp³-hybridized carbons (Fsp3) is 0.111. The zero-order valence-corrected chi connectivity index (χ0v) is 9.22. The molecule has 1 aliphatic heterocycles. The van der Waals surface area contributed by atoms with Crippen molar-refractivity contribution in [3.8, 4) is 5.88 Å².